The molecule has 0 radical (unpaired) electrons. The summed E-state index contributed by atoms with van der Waals surface area (Å²) >= 11 is 9.11. The first-order valence-electron chi connectivity index (χ1n) is 4.68. The lowest BCUT2D eigenvalue weighted by Crippen LogP contribution is -2.16. The van der Waals surface area contributed by atoms with Crippen LogP contribution in [0.1, 0.15) is 5.56 Å². The minimum atomic E-state index is -1.52. The zero-order valence-electron chi connectivity index (χ0n) is 9.29. The van der Waals surface area contributed by atoms with E-state index >= 15 is 0 Å². The van der Waals surface area contributed by atoms with Crippen molar-refractivity contribution in [3.63, 3.8) is 0 Å². The van der Waals surface area contributed by atoms with Crippen LogP contribution in [0.3, 0.4) is 0 Å². The Kier molecular flexibility index (Phi) is 4.05. The Labute approximate surface area is 109 Å². The zero-order chi connectivity index (χ0) is 12.5. The average molecular weight is 321 g/mol. The summed E-state index contributed by atoms with van der Waals surface area (Å²) in [5, 5.41) is 0.284. The molecule has 2 N–H and O–H groups in total. The number of hydrogen-bond acceptors (Lipinski definition) is 1. The molecule has 5 heteroatoms. The smallest absolute Gasteiger partial charge is 0.148 e. The van der Waals surface area contributed by atoms with Gasteiger partial charge in [0.1, 0.15) is 13.9 Å². The molecule has 0 amide bonds. The monoisotopic (exact) mass is 319 g/mol. The average Bonchev–Trinajstić information content (AvgIpc) is 2.13. The third-order valence-corrected chi connectivity index (χ3v) is 4.00. The van der Waals surface area contributed by atoms with Crippen molar-refractivity contribution in [3.05, 3.63) is 26.9 Å². The highest BCUT2D eigenvalue weighted by Gasteiger charge is 2.13. The Morgan fingerprint density at radius 1 is 1.44 bits per heavy atom. The molecule has 0 aliphatic rings. The summed E-state index contributed by atoms with van der Waals surface area (Å²) in [5.41, 5.74) is 9.24. The van der Waals surface area contributed by atoms with Gasteiger partial charge in [-0.25, -0.2) is 4.39 Å². The van der Waals surface area contributed by atoms with Crippen LogP contribution in [-0.2, 0) is 0 Å². The largest absolute Gasteiger partial charge is 0.395 e. The molecule has 0 bridgehead atoms. The van der Waals surface area contributed by atoms with Crippen molar-refractivity contribution in [2.75, 3.05) is 5.73 Å². The Bertz CT molecular complexity index is 459. The predicted octanol–water partition coefficient (Wildman–Crippen LogP) is 4.05. The van der Waals surface area contributed by atoms with Gasteiger partial charge in [-0.3, -0.25) is 0 Å². The fraction of sp³-hybridized carbons (Fsp3) is 0.273. The summed E-state index contributed by atoms with van der Waals surface area (Å²) < 4.78 is 13.9. The Hall–Kier alpha value is -0.503. The minimum absolute atomic E-state index is 0.0435. The number of hydrogen-bond donors (Lipinski definition) is 1. The van der Waals surface area contributed by atoms with Gasteiger partial charge in [0.25, 0.3) is 0 Å². The molecule has 0 saturated heterocycles. The van der Waals surface area contributed by atoms with Crippen LogP contribution < -0.4 is 5.73 Å². The molecular formula is C11H12BrClFNSi. The quantitative estimate of drug-likeness (QED) is 0.332. The lowest BCUT2D eigenvalue weighted by Gasteiger charge is -2.07. The first kappa shape index (κ1) is 13.6. The molecule has 0 spiro atoms. The number of benzene rings is 1. The van der Waals surface area contributed by atoms with Gasteiger partial charge in [-0.1, -0.05) is 37.2 Å². The van der Waals surface area contributed by atoms with Gasteiger partial charge >= 0.3 is 0 Å². The van der Waals surface area contributed by atoms with Crippen molar-refractivity contribution < 1.29 is 4.39 Å². The number of anilines is 1. The second kappa shape index (κ2) is 4.78. The molecule has 1 aromatic rings. The van der Waals surface area contributed by atoms with Crippen molar-refractivity contribution in [1.82, 2.24) is 0 Å². The second-order valence-corrected chi connectivity index (χ2v) is 10.4. The number of rotatable bonds is 0. The van der Waals surface area contributed by atoms with Crippen molar-refractivity contribution >= 4 is 41.3 Å². The first-order chi connectivity index (χ1) is 7.22. The van der Waals surface area contributed by atoms with E-state index in [-0.39, 0.29) is 10.7 Å². The third-order valence-electron chi connectivity index (χ3n) is 1.77. The van der Waals surface area contributed by atoms with Crippen molar-refractivity contribution in [3.8, 4) is 11.5 Å². The molecule has 1 nitrogen and oxygen atoms in total. The van der Waals surface area contributed by atoms with E-state index in [1.54, 1.807) is 0 Å². The molecular weight excluding hydrogens is 309 g/mol. The normalized spacial score (nSPS) is 10.9. The lowest BCUT2D eigenvalue weighted by molar-refractivity contribution is 0.632. The topological polar surface area (TPSA) is 26.0 Å². The molecule has 0 aliphatic carbocycles. The van der Waals surface area contributed by atoms with Crippen LogP contribution in [0.25, 0.3) is 0 Å². The Morgan fingerprint density at radius 2 is 2.00 bits per heavy atom. The second-order valence-electron chi connectivity index (χ2n) is 4.44. The van der Waals surface area contributed by atoms with Crippen LogP contribution in [0.2, 0.25) is 24.7 Å². The summed E-state index contributed by atoms with van der Waals surface area (Å²) in [4.78, 5) is 0. The molecule has 16 heavy (non-hydrogen) atoms. The molecule has 0 atom stereocenters. The number of halogens is 3. The minimum Gasteiger partial charge on any atom is -0.395 e. The molecule has 0 aromatic heterocycles. The molecule has 0 unspecified atom stereocenters. The maximum absolute atomic E-state index is 13.4. The van der Waals surface area contributed by atoms with E-state index in [0.717, 1.165) is 0 Å². The van der Waals surface area contributed by atoms with Crippen LogP contribution in [-0.4, -0.2) is 8.07 Å². The van der Waals surface area contributed by atoms with Crippen molar-refractivity contribution in [2.45, 2.75) is 19.6 Å². The van der Waals surface area contributed by atoms with E-state index in [2.05, 4.69) is 47.0 Å². The van der Waals surface area contributed by atoms with Crippen molar-refractivity contribution in [2.24, 2.45) is 0 Å². The summed E-state index contributed by atoms with van der Waals surface area (Å²) in [6.45, 7) is 6.31. The zero-order valence-corrected chi connectivity index (χ0v) is 12.6. The van der Waals surface area contributed by atoms with Gasteiger partial charge in [0.2, 0.25) is 0 Å². The van der Waals surface area contributed by atoms with Gasteiger partial charge in [0.15, 0.2) is 0 Å². The summed E-state index contributed by atoms with van der Waals surface area (Å²) in [6.07, 6.45) is 0. The van der Waals surface area contributed by atoms with Crippen LogP contribution in [0.4, 0.5) is 10.1 Å². The lowest BCUT2D eigenvalue weighted by atomic mass is 10.2. The van der Waals surface area contributed by atoms with Crippen LogP contribution in [0.15, 0.2) is 10.5 Å². The third kappa shape index (κ3) is 3.24. The van der Waals surface area contributed by atoms with E-state index in [0.29, 0.717) is 10.0 Å². The van der Waals surface area contributed by atoms with Gasteiger partial charge in [-0.2, -0.15) is 0 Å². The van der Waals surface area contributed by atoms with Crippen LogP contribution in [0, 0.1) is 17.3 Å². The Balaban J connectivity index is 3.38. The highest BCUT2D eigenvalue weighted by molar-refractivity contribution is 9.10. The van der Waals surface area contributed by atoms with Crippen LogP contribution in [0.5, 0.6) is 0 Å². The highest BCUT2D eigenvalue weighted by Crippen LogP contribution is 2.32. The molecule has 0 aliphatic heterocycles. The number of nitrogen functional groups attached to an aromatic ring is 1. The van der Waals surface area contributed by atoms with Gasteiger partial charge in [0, 0.05) is 0 Å². The SMILES string of the molecule is C[Si](C)(C)C#Cc1c(N)c(F)cc(Cl)c1Br. The summed E-state index contributed by atoms with van der Waals surface area (Å²) in [6, 6.07) is 1.18. The summed E-state index contributed by atoms with van der Waals surface area (Å²) in [7, 11) is -1.52. The molecule has 0 heterocycles. The molecule has 0 fully saturated rings. The van der Waals surface area contributed by atoms with E-state index in [1.807, 2.05) is 0 Å². The van der Waals surface area contributed by atoms with E-state index < -0.39 is 13.9 Å². The highest BCUT2D eigenvalue weighted by atomic mass is 79.9. The molecule has 86 valence electrons. The fourth-order valence-corrected chi connectivity index (χ4v) is 2.10. The standard InChI is InChI=1S/C11H12BrClFNSi/c1-16(2,3)5-4-7-10(12)8(13)6-9(14)11(7)15/h6H,15H2,1-3H3. The summed E-state index contributed by atoms with van der Waals surface area (Å²) in [5.74, 6) is 2.38. The molecule has 1 aromatic carbocycles. The van der Waals surface area contributed by atoms with Crippen LogP contribution >= 0.6 is 27.5 Å². The Morgan fingerprint density at radius 3 is 2.50 bits per heavy atom. The van der Waals surface area contributed by atoms with Crippen molar-refractivity contribution in [1.29, 1.82) is 0 Å². The maximum atomic E-state index is 13.4. The van der Waals surface area contributed by atoms with E-state index in [9.17, 15) is 4.39 Å². The maximum Gasteiger partial charge on any atom is 0.148 e. The fourth-order valence-electron chi connectivity index (χ4n) is 0.982. The predicted molar refractivity (Wildman–Crippen MR) is 73.7 cm³/mol. The van der Waals surface area contributed by atoms with Gasteiger partial charge in [0.05, 0.1) is 20.7 Å². The van der Waals surface area contributed by atoms with E-state index in [1.165, 1.54) is 6.07 Å². The van der Waals surface area contributed by atoms with Gasteiger partial charge in [-0.15, -0.1) is 5.54 Å². The molecule has 0 saturated carbocycles. The van der Waals surface area contributed by atoms with Gasteiger partial charge in [-0.05, 0) is 22.0 Å². The van der Waals surface area contributed by atoms with Gasteiger partial charge < -0.3 is 5.73 Å². The van der Waals surface area contributed by atoms with E-state index in [4.69, 9.17) is 17.3 Å². The molecule has 1 rings (SSSR count). The first-order valence-corrected chi connectivity index (χ1v) is 9.35. The number of nitrogens with two attached hydrogens (primary N) is 1.